The van der Waals surface area contributed by atoms with Crippen LogP contribution in [0.2, 0.25) is 0 Å². The number of fused-ring (bicyclic) bond motifs is 1. The molecule has 0 saturated carbocycles. The molecule has 5 heteroatoms. The van der Waals surface area contributed by atoms with Gasteiger partial charge in [0.25, 0.3) is 11.8 Å². The highest BCUT2D eigenvalue weighted by Gasteiger charge is 2.16. The lowest BCUT2D eigenvalue weighted by atomic mass is 10.1. The molecule has 4 nitrogen and oxygen atoms in total. The second-order valence-corrected chi connectivity index (χ2v) is 6.91. The van der Waals surface area contributed by atoms with Crippen molar-refractivity contribution in [1.29, 1.82) is 0 Å². The quantitative estimate of drug-likeness (QED) is 0.434. The molecule has 0 unspecified atom stereocenters. The lowest BCUT2D eigenvalue weighted by molar-refractivity contribution is -0.113. The van der Waals surface area contributed by atoms with E-state index in [4.69, 9.17) is 0 Å². The van der Waals surface area contributed by atoms with Crippen LogP contribution in [0.1, 0.15) is 15.9 Å². The molecule has 0 saturated heterocycles. The third-order valence-corrected chi connectivity index (χ3v) is 4.75. The summed E-state index contributed by atoms with van der Waals surface area (Å²) < 4.78 is 13.3. The Labute approximate surface area is 179 Å². The van der Waals surface area contributed by atoms with Gasteiger partial charge in [-0.15, -0.1) is 0 Å². The van der Waals surface area contributed by atoms with Crippen LogP contribution < -0.4 is 10.6 Å². The molecule has 0 aliphatic heterocycles. The van der Waals surface area contributed by atoms with Crippen LogP contribution in [0.5, 0.6) is 0 Å². The molecule has 0 heterocycles. The van der Waals surface area contributed by atoms with Crippen molar-refractivity contribution in [2.45, 2.75) is 0 Å². The Balaban J connectivity index is 1.66. The van der Waals surface area contributed by atoms with Gasteiger partial charge < -0.3 is 10.6 Å². The summed E-state index contributed by atoms with van der Waals surface area (Å²) >= 11 is 0. The molecule has 0 atom stereocenters. The molecule has 0 aliphatic rings. The van der Waals surface area contributed by atoms with Crippen LogP contribution in [0.3, 0.4) is 0 Å². The number of hydrogen-bond donors (Lipinski definition) is 2. The smallest absolute Gasteiger partial charge is 0.272 e. The first-order chi connectivity index (χ1) is 15.1. The van der Waals surface area contributed by atoms with Crippen LogP contribution in [0.15, 0.2) is 103 Å². The lowest BCUT2D eigenvalue weighted by Gasteiger charge is -2.13. The van der Waals surface area contributed by atoms with E-state index in [2.05, 4.69) is 10.6 Å². The number of carbonyl (C=O) groups excluding carboxylic acids is 2. The molecule has 0 bridgehead atoms. The largest absolute Gasteiger partial charge is 0.320 e. The van der Waals surface area contributed by atoms with E-state index >= 15 is 0 Å². The van der Waals surface area contributed by atoms with Crippen molar-refractivity contribution in [2.75, 3.05) is 5.32 Å². The summed E-state index contributed by atoms with van der Waals surface area (Å²) in [6.07, 6.45) is 1.51. The number of carbonyl (C=O) groups is 2. The number of nitrogens with one attached hydrogen (secondary N) is 2. The highest BCUT2D eigenvalue weighted by atomic mass is 19.1. The van der Waals surface area contributed by atoms with Crippen molar-refractivity contribution in [3.05, 3.63) is 120 Å². The molecule has 0 aliphatic carbocycles. The van der Waals surface area contributed by atoms with E-state index in [-0.39, 0.29) is 11.5 Å². The third-order valence-electron chi connectivity index (χ3n) is 4.75. The van der Waals surface area contributed by atoms with Crippen molar-refractivity contribution < 1.29 is 14.0 Å². The summed E-state index contributed by atoms with van der Waals surface area (Å²) in [7, 11) is 0. The Morgan fingerprint density at radius 3 is 2.19 bits per heavy atom. The number of hydrogen-bond acceptors (Lipinski definition) is 2. The van der Waals surface area contributed by atoms with E-state index in [1.54, 1.807) is 36.4 Å². The van der Waals surface area contributed by atoms with Gasteiger partial charge in [-0.05, 0) is 47.4 Å². The third kappa shape index (κ3) is 4.85. The second-order valence-electron chi connectivity index (χ2n) is 6.91. The van der Waals surface area contributed by atoms with Crippen LogP contribution in [0.25, 0.3) is 16.8 Å². The average molecular weight is 410 g/mol. The number of rotatable bonds is 5. The first-order valence-corrected chi connectivity index (χ1v) is 9.73. The van der Waals surface area contributed by atoms with Gasteiger partial charge in [0.05, 0.1) is 0 Å². The van der Waals surface area contributed by atoms with E-state index in [0.29, 0.717) is 16.8 Å². The van der Waals surface area contributed by atoms with E-state index < -0.39 is 11.8 Å². The van der Waals surface area contributed by atoms with Crippen LogP contribution in [0, 0.1) is 5.82 Å². The lowest BCUT2D eigenvalue weighted by Crippen LogP contribution is -2.30. The van der Waals surface area contributed by atoms with Crippen molar-refractivity contribution in [3.63, 3.8) is 0 Å². The summed E-state index contributed by atoms with van der Waals surface area (Å²) in [5, 5.41) is 7.43. The highest BCUT2D eigenvalue weighted by Crippen LogP contribution is 2.23. The van der Waals surface area contributed by atoms with Gasteiger partial charge in [0.2, 0.25) is 0 Å². The Kier molecular flexibility index (Phi) is 5.85. The monoisotopic (exact) mass is 410 g/mol. The molecular weight excluding hydrogens is 391 g/mol. The summed E-state index contributed by atoms with van der Waals surface area (Å²) in [6.45, 7) is 0. The summed E-state index contributed by atoms with van der Waals surface area (Å²) in [4.78, 5) is 25.8. The van der Waals surface area contributed by atoms with Gasteiger partial charge >= 0.3 is 0 Å². The van der Waals surface area contributed by atoms with Crippen molar-refractivity contribution in [1.82, 2.24) is 5.32 Å². The maximum atomic E-state index is 13.3. The molecule has 4 aromatic rings. The van der Waals surface area contributed by atoms with E-state index in [0.717, 1.165) is 10.8 Å². The van der Waals surface area contributed by atoms with Crippen molar-refractivity contribution in [3.8, 4) is 0 Å². The van der Waals surface area contributed by atoms with E-state index in [1.807, 2.05) is 36.4 Å². The minimum absolute atomic E-state index is 0.0494. The first-order valence-electron chi connectivity index (χ1n) is 9.73. The van der Waals surface area contributed by atoms with Crippen molar-refractivity contribution >= 4 is 34.4 Å². The fraction of sp³-hybridized carbons (Fsp3) is 0. The molecule has 152 valence electrons. The summed E-state index contributed by atoms with van der Waals surface area (Å²) in [6, 6.07) is 27.6. The zero-order chi connectivity index (χ0) is 21.6. The van der Waals surface area contributed by atoms with Crippen LogP contribution in [-0.2, 0) is 4.79 Å². The zero-order valence-electron chi connectivity index (χ0n) is 16.5. The van der Waals surface area contributed by atoms with Gasteiger partial charge in [-0.1, -0.05) is 66.7 Å². The van der Waals surface area contributed by atoms with Gasteiger partial charge in [-0.2, -0.15) is 0 Å². The topological polar surface area (TPSA) is 58.2 Å². The molecule has 0 fully saturated rings. The number of benzene rings is 4. The summed E-state index contributed by atoms with van der Waals surface area (Å²) in [5.74, 6) is -1.28. The fourth-order valence-corrected chi connectivity index (χ4v) is 3.19. The van der Waals surface area contributed by atoms with E-state index in [1.165, 1.54) is 30.3 Å². The Morgan fingerprint density at radius 2 is 1.42 bits per heavy atom. The normalized spacial score (nSPS) is 11.2. The Bertz CT molecular complexity index is 1260. The number of amides is 2. The van der Waals surface area contributed by atoms with Crippen LogP contribution in [0.4, 0.5) is 10.1 Å². The van der Waals surface area contributed by atoms with Gasteiger partial charge in [-0.25, -0.2) is 4.39 Å². The molecule has 0 spiro atoms. The van der Waals surface area contributed by atoms with Crippen LogP contribution >= 0.6 is 0 Å². The second kappa shape index (κ2) is 9.05. The molecular formula is C26H19FN2O2. The molecule has 2 N–H and O–H groups in total. The molecule has 4 rings (SSSR count). The Morgan fingerprint density at radius 1 is 0.742 bits per heavy atom. The number of anilines is 1. The van der Waals surface area contributed by atoms with Gasteiger partial charge in [0.1, 0.15) is 11.5 Å². The number of halogens is 1. The maximum Gasteiger partial charge on any atom is 0.272 e. The summed E-state index contributed by atoms with van der Waals surface area (Å²) in [5.41, 5.74) is 1.68. The minimum atomic E-state index is -0.482. The van der Waals surface area contributed by atoms with Gasteiger partial charge in [-0.3, -0.25) is 9.59 Å². The molecule has 2 amide bonds. The fourth-order valence-electron chi connectivity index (χ4n) is 3.19. The maximum absolute atomic E-state index is 13.3. The first kappa shape index (κ1) is 20.0. The van der Waals surface area contributed by atoms with Gasteiger partial charge in [0.15, 0.2) is 0 Å². The highest BCUT2D eigenvalue weighted by molar-refractivity contribution is 6.13. The zero-order valence-corrected chi connectivity index (χ0v) is 16.5. The molecule has 4 aromatic carbocycles. The molecule has 0 aromatic heterocycles. The average Bonchev–Trinajstić information content (AvgIpc) is 2.81. The molecule has 0 radical (unpaired) electrons. The standard InChI is InChI=1S/C26H19FN2O2/c27-21-15-13-18(14-16-21)17-24(29-25(30)20-8-2-1-3-9-20)26(31)28-23-12-6-10-19-7-4-5-11-22(19)23/h1-17H,(H,28,31)(H,29,30)/b24-17-. The molecule has 31 heavy (non-hydrogen) atoms. The predicted molar refractivity (Wildman–Crippen MR) is 121 cm³/mol. The Hall–Kier alpha value is -4.25. The predicted octanol–water partition coefficient (Wildman–Crippen LogP) is 5.39. The van der Waals surface area contributed by atoms with Crippen molar-refractivity contribution in [2.24, 2.45) is 0 Å². The SMILES string of the molecule is O=C(Nc1cccc2ccccc12)/C(=C/c1ccc(F)cc1)NC(=O)c1ccccc1. The van der Waals surface area contributed by atoms with Crippen LogP contribution in [-0.4, -0.2) is 11.8 Å². The minimum Gasteiger partial charge on any atom is -0.320 e. The van der Waals surface area contributed by atoms with E-state index in [9.17, 15) is 14.0 Å². The van der Waals surface area contributed by atoms with Gasteiger partial charge in [0, 0.05) is 16.6 Å².